The number of hydrogen-bond acceptors (Lipinski definition) is 7. The third kappa shape index (κ3) is 4.36. The number of esters is 1. The molecule has 0 fully saturated rings. The Hall–Kier alpha value is -2.81. The van der Waals surface area contributed by atoms with Crippen molar-refractivity contribution in [1.29, 1.82) is 0 Å². The van der Waals surface area contributed by atoms with Crippen molar-refractivity contribution in [2.45, 2.75) is 24.9 Å². The van der Waals surface area contributed by atoms with Crippen molar-refractivity contribution in [3.05, 3.63) is 29.8 Å². The van der Waals surface area contributed by atoms with Crippen molar-refractivity contribution in [2.24, 2.45) is 0 Å². The summed E-state index contributed by atoms with van der Waals surface area (Å²) in [6, 6.07) is 7.83. The number of rotatable bonds is 8. The van der Waals surface area contributed by atoms with Gasteiger partial charge in [-0.25, -0.2) is 0 Å². The van der Waals surface area contributed by atoms with Gasteiger partial charge in [-0.1, -0.05) is 11.8 Å². The van der Waals surface area contributed by atoms with Crippen LogP contribution in [0, 0.1) is 6.92 Å². The lowest BCUT2D eigenvalue weighted by molar-refractivity contribution is -0.140. The first kappa shape index (κ1) is 19.9. The molecule has 1 N–H and O–H groups in total. The fraction of sp³-hybridized carbons (Fsp3) is 0.368. The van der Waals surface area contributed by atoms with Crippen LogP contribution < -0.4 is 10.1 Å². The number of benzene rings is 1. The number of hydrogen-bond donors (Lipinski definition) is 1. The molecule has 0 saturated heterocycles. The van der Waals surface area contributed by atoms with Crippen LogP contribution in [0.1, 0.15) is 18.4 Å². The summed E-state index contributed by atoms with van der Waals surface area (Å²) >= 11 is 1.31. The standard InChI is InChI=1S/C19H22N4O4S/c1-12-9-16-21-22-19(23(16)15-10-13(26-2)6-7-14(12)15)28-11-17(24)20-8-4-5-18(25)27-3/h6-7,9-10H,4-5,8,11H2,1-3H3,(H,20,24). The smallest absolute Gasteiger partial charge is 0.305 e. The van der Waals surface area contributed by atoms with Crippen LogP contribution in [-0.4, -0.2) is 53.0 Å². The van der Waals surface area contributed by atoms with Crippen LogP contribution in [0.4, 0.5) is 0 Å². The Morgan fingerprint density at radius 1 is 1.21 bits per heavy atom. The normalized spacial score (nSPS) is 11.0. The minimum atomic E-state index is -0.281. The maximum Gasteiger partial charge on any atom is 0.305 e. The first-order valence-corrected chi connectivity index (χ1v) is 9.81. The van der Waals surface area contributed by atoms with Gasteiger partial charge in [0.15, 0.2) is 10.8 Å². The first-order valence-electron chi connectivity index (χ1n) is 8.82. The Balaban J connectivity index is 1.72. The lowest BCUT2D eigenvalue weighted by atomic mass is 10.1. The quantitative estimate of drug-likeness (QED) is 0.351. The number of nitrogens with one attached hydrogen (secondary N) is 1. The third-order valence-electron chi connectivity index (χ3n) is 4.31. The fourth-order valence-corrected chi connectivity index (χ4v) is 3.65. The summed E-state index contributed by atoms with van der Waals surface area (Å²) in [6.45, 7) is 2.45. The summed E-state index contributed by atoms with van der Waals surface area (Å²) in [5.74, 6) is 0.544. The van der Waals surface area contributed by atoms with Crippen molar-refractivity contribution in [2.75, 3.05) is 26.5 Å². The molecule has 8 nitrogen and oxygen atoms in total. The zero-order valence-corrected chi connectivity index (χ0v) is 16.8. The SMILES string of the molecule is COC(=O)CCCNC(=O)CSc1nnc2cc(C)c3ccc(OC)cc3n12. The van der Waals surface area contributed by atoms with Crippen molar-refractivity contribution < 1.29 is 19.1 Å². The first-order chi connectivity index (χ1) is 13.5. The number of aryl methyl sites for hydroxylation is 1. The molecular weight excluding hydrogens is 380 g/mol. The molecule has 28 heavy (non-hydrogen) atoms. The topological polar surface area (TPSA) is 94.8 Å². The molecule has 0 radical (unpaired) electrons. The van der Waals surface area contributed by atoms with E-state index in [1.54, 1.807) is 7.11 Å². The lowest BCUT2D eigenvalue weighted by Crippen LogP contribution is -2.26. The van der Waals surface area contributed by atoms with E-state index >= 15 is 0 Å². The number of carbonyl (C=O) groups is 2. The molecule has 0 unspecified atom stereocenters. The average molecular weight is 402 g/mol. The number of ether oxygens (including phenoxy) is 2. The molecule has 0 spiro atoms. The third-order valence-corrected chi connectivity index (χ3v) is 5.24. The lowest BCUT2D eigenvalue weighted by Gasteiger charge is -2.09. The van der Waals surface area contributed by atoms with E-state index in [9.17, 15) is 9.59 Å². The average Bonchev–Trinajstić information content (AvgIpc) is 3.11. The summed E-state index contributed by atoms with van der Waals surface area (Å²) < 4.78 is 11.9. The van der Waals surface area contributed by atoms with Gasteiger partial charge < -0.3 is 14.8 Å². The molecular formula is C19H22N4O4S. The van der Waals surface area contributed by atoms with Crippen LogP contribution in [-0.2, 0) is 14.3 Å². The number of thioether (sulfide) groups is 1. The predicted molar refractivity (Wildman–Crippen MR) is 107 cm³/mol. The number of nitrogens with zero attached hydrogens (tertiary/aromatic N) is 3. The van der Waals surface area contributed by atoms with Gasteiger partial charge in [0.2, 0.25) is 5.91 Å². The monoisotopic (exact) mass is 402 g/mol. The Morgan fingerprint density at radius 3 is 2.79 bits per heavy atom. The highest BCUT2D eigenvalue weighted by atomic mass is 32.2. The summed E-state index contributed by atoms with van der Waals surface area (Å²) in [7, 11) is 2.97. The molecule has 9 heteroatoms. The largest absolute Gasteiger partial charge is 0.497 e. The van der Waals surface area contributed by atoms with Gasteiger partial charge in [0.05, 0.1) is 25.5 Å². The van der Waals surface area contributed by atoms with Crippen molar-refractivity contribution in [3.8, 4) is 5.75 Å². The summed E-state index contributed by atoms with van der Waals surface area (Å²) in [4.78, 5) is 23.2. The van der Waals surface area contributed by atoms with Crippen LogP contribution in [0.25, 0.3) is 16.6 Å². The number of methoxy groups -OCH3 is 2. The van der Waals surface area contributed by atoms with E-state index in [2.05, 4.69) is 20.3 Å². The van der Waals surface area contributed by atoms with Crippen LogP contribution >= 0.6 is 11.8 Å². The van der Waals surface area contributed by atoms with Gasteiger partial charge in [-0.05, 0) is 37.1 Å². The van der Waals surface area contributed by atoms with Crippen LogP contribution in [0.3, 0.4) is 0 Å². The zero-order chi connectivity index (χ0) is 20.1. The van der Waals surface area contributed by atoms with E-state index in [1.807, 2.05) is 35.6 Å². The van der Waals surface area contributed by atoms with Crippen molar-refractivity contribution in [3.63, 3.8) is 0 Å². The Bertz CT molecular complexity index is 1020. The maximum absolute atomic E-state index is 12.1. The van der Waals surface area contributed by atoms with Gasteiger partial charge in [-0.15, -0.1) is 10.2 Å². The van der Waals surface area contributed by atoms with Crippen LogP contribution in [0.2, 0.25) is 0 Å². The predicted octanol–water partition coefficient (Wildman–Crippen LogP) is 2.36. The van der Waals surface area contributed by atoms with E-state index in [4.69, 9.17) is 4.74 Å². The molecule has 2 aromatic heterocycles. The van der Waals surface area contributed by atoms with Gasteiger partial charge in [0.1, 0.15) is 5.75 Å². The van der Waals surface area contributed by atoms with E-state index in [0.717, 1.165) is 27.9 Å². The number of carbonyl (C=O) groups excluding carboxylic acids is 2. The minimum absolute atomic E-state index is 0.124. The van der Waals surface area contributed by atoms with E-state index in [0.29, 0.717) is 18.1 Å². The highest BCUT2D eigenvalue weighted by molar-refractivity contribution is 7.99. The molecule has 3 rings (SSSR count). The second-order valence-electron chi connectivity index (χ2n) is 6.20. The molecule has 1 aromatic carbocycles. The maximum atomic E-state index is 12.1. The van der Waals surface area contributed by atoms with Crippen LogP contribution in [0.15, 0.2) is 29.4 Å². The highest BCUT2D eigenvalue weighted by Crippen LogP contribution is 2.28. The Kier molecular flexibility index (Phi) is 6.35. The molecule has 148 valence electrons. The van der Waals surface area contributed by atoms with E-state index in [1.165, 1.54) is 18.9 Å². The molecule has 0 aliphatic heterocycles. The molecule has 1 amide bonds. The van der Waals surface area contributed by atoms with Gasteiger partial charge in [0.25, 0.3) is 0 Å². The molecule has 2 heterocycles. The summed E-state index contributed by atoms with van der Waals surface area (Å²) in [5, 5.41) is 13.0. The number of pyridine rings is 1. The number of aromatic nitrogens is 3. The van der Waals surface area contributed by atoms with Crippen molar-refractivity contribution >= 4 is 40.2 Å². The zero-order valence-electron chi connectivity index (χ0n) is 16.0. The van der Waals surface area contributed by atoms with Gasteiger partial charge in [-0.2, -0.15) is 0 Å². The molecule has 0 aliphatic rings. The van der Waals surface area contributed by atoms with Crippen molar-refractivity contribution in [1.82, 2.24) is 19.9 Å². The molecule has 0 aliphatic carbocycles. The molecule has 0 atom stereocenters. The van der Waals surface area contributed by atoms with E-state index < -0.39 is 0 Å². The Labute approximate surface area is 166 Å². The highest BCUT2D eigenvalue weighted by Gasteiger charge is 2.14. The summed E-state index contributed by atoms with van der Waals surface area (Å²) in [5.41, 5.74) is 2.75. The fourth-order valence-electron chi connectivity index (χ4n) is 2.87. The number of amides is 1. The second-order valence-corrected chi connectivity index (χ2v) is 7.15. The summed E-state index contributed by atoms with van der Waals surface area (Å²) in [6.07, 6.45) is 0.826. The minimum Gasteiger partial charge on any atom is -0.497 e. The molecule has 0 bridgehead atoms. The van der Waals surface area contributed by atoms with E-state index in [-0.39, 0.29) is 24.1 Å². The molecule has 3 aromatic rings. The van der Waals surface area contributed by atoms with Gasteiger partial charge >= 0.3 is 5.97 Å². The van der Waals surface area contributed by atoms with Gasteiger partial charge in [0, 0.05) is 24.4 Å². The molecule has 0 saturated carbocycles. The van der Waals surface area contributed by atoms with Gasteiger partial charge in [-0.3, -0.25) is 14.0 Å². The second kappa shape index (κ2) is 8.92. The van der Waals surface area contributed by atoms with Crippen LogP contribution in [0.5, 0.6) is 5.75 Å². The number of fused-ring (bicyclic) bond motifs is 3. The Morgan fingerprint density at radius 2 is 2.04 bits per heavy atom.